The number of aromatic nitrogens is 1. The van der Waals surface area contributed by atoms with E-state index >= 15 is 0 Å². The van der Waals surface area contributed by atoms with Crippen LogP contribution in [0.25, 0.3) is 10.6 Å². The third kappa shape index (κ3) is 2.42. The lowest BCUT2D eigenvalue weighted by Crippen LogP contribution is -2.28. The Morgan fingerprint density at radius 1 is 1.28 bits per heavy atom. The van der Waals surface area contributed by atoms with Gasteiger partial charge in [-0.3, -0.25) is 0 Å². The SMILES string of the molecule is Cc1nc(-c2cc(F)ccc2F)sc1C(C)(C)N. The van der Waals surface area contributed by atoms with Crippen LogP contribution in [0.4, 0.5) is 8.78 Å². The van der Waals surface area contributed by atoms with Gasteiger partial charge in [0.15, 0.2) is 0 Å². The number of thiazole rings is 1. The standard InChI is InChI=1S/C13H14F2N2S/c1-7-11(13(2,3)16)18-12(17-7)9-6-8(14)4-5-10(9)15/h4-6H,16H2,1-3H3. The molecule has 2 rings (SSSR count). The molecule has 0 aliphatic heterocycles. The molecule has 0 saturated heterocycles. The van der Waals surface area contributed by atoms with Gasteiger partial charge in [-0.05, 0) is 39.0 Å². The highest BCUT2D eigenvalue weighted by atomic mass is 32.1. The molecule has 1 aromatic heterocycles. The number of benzene rings is 1. The quantitative estimate of drug-likeness (QED) is 0.904. The summed E-state index contributed by atoms with van der Waals surface area (Å²) in [6, 6.07) is 3.35. The second-order valence-corrected chi connectivity index (χ2v) is 5.78. The second-order valence-electron chi connectivity index (χ2n) is 4.78. The number of hydrogen-bond acceptors (Lipinski definition) is 3. The van der Waals surface area contributed by atoms with Gasteiger partial charge >= 0.3 is 0 Å². The Bertz CT molecular complexity index is 585. The molecule has 0 aliphatic carbocycles. The van der Waals surface area contributed by atoms with E-state index in [0.29, 0.717) is 5.01 Å². The molecule has 1 aromatic carbocycles. The van der Waals surface area contributed by atoms with Crippen molar-refractivity contribution in [2.24, 2.45) is 5.73 Å². The Balaban J connectivity index is 2.56. The number of aryl methyl sites for hydroxylation is 1. The maximum absolute atomic E-state index is 13.7. The lowest BCUT2D eigenvalue weighted by atomic mass is 10.0. The van der Waals surface area contributed by atoms with E-state index < -0.39 is 17.2 Å². The van der Waals surface area contributed by atoms with Crippen LogP contribution in [0.1, 0.15) is 24.4 Å². The molecule has 18 heavy (non-hydrogen) atoms. The van der Waals surface area contributed by atoms with Crippen molar-refractivity contribution in [3.8, 4) is 10.6 Å². The van der Waals surface area contributed by atoms with E-state index in [9.17, 15) is 8.78 Å². The molecule has 0 spiro atoms. The maximum atomic E-state index is 13.7. The van der Waals surface area contributed by atoms with Crippen molar-refractivity contribution in [1.82, 2.24) is 4.98 Å². The summed E-state index contributed by atoms with van der Waals surface area (Å²) in [6.07, 6.45) is 0. The fraction of sp³-hybridized carbons (Fsp3) is 0.308. The minimum atomic E-state index is -0.538. The van der Waals surface area contributed by atoms with Gasteiger partial charge < -0.3 is 5.73 Å². The molecule has 2 aromatic rings. The van der Waals surface area contributed by atoms with Crippen LogP contribution in [0.3, 0.4) is 0 Å². The predicted molar refractivity (Wildman–Crippen MR) is 69.4 cm³/mol. The summed E-state index contributed by atoms with van der Waals surface area (Å²) >= 11 is 1.30. The van der Waals surface area contributed by atoms with Crippen LogP contribution in [0.15, 0.2) is 18.2 Å². The molecule has 0 radical (unpaired) electrons. The van der Waals surface area contributed by atoms with E-state index in [0.717, 1.165) is 28.8 Å². The highest BCUT2D eigenvalue weighted by Gasteiger charge is 2.22. The molecule has 0 fully saturated rings. The van der Waals surface area contributed by atoms with E-state index in [1.807, 2.05) is 20.8 Å². The van der Waals surface area contributed by atoms with Crippen molar-refractivity contribution in [2.75, 3.05) is 0 Å². The summed E-state index contributed by atoms with van der Waals surface area (Å²) in [5.74, 6) is -0.959. The Hall–Kier alpha value is -1.33. The van der Waals surface area contributed by atoms with Crippen molar-refractivity contribution >= 4 is 11.3 Å². The van der Waals surface area contributed by atoms with E-state index in [4.69, 9.17) is 5.73 Å². The molecular formula is C13H14F2N2S. The first kappa shape index (κ1) is 13.1. The normalized spacial score (nSPS) is 11.9. The first-order chi connectivity index (χ1) is 8.29. The van der Waals surface area contributed by atoms with Crippen LogP contribution in [-0.4, -0.2) is 4.98 Å². The number of hydrogen-bond donors (Lipinski definition) is 1. The summed E-state index contributed by atoms with van der Waals surface area (Å²) in [5.41, 5.74) is 6.42. The first-order valence-electron chi connectivity index (χ1n) is 5.51. The fourth-order valence-electron chi connectivity index (χ4n) is 1.77. The molecule has 0 unspecified atom stereocenters. The summed E-state index contributed by atoms with van der Waals surface area (Å²) in [7, 11) is 0. The Kier molecular flexibility index (Phi) is 3.21. The van der Waals surface area contributed by atoms with Gasteiger partial charge in [-0.1, -0.05) is 0 Å². The van der Waals surface area contributed by atoms with E-state index in [1.165, 1.54) is 11.3 Å². The highest BCUT2D eigenvalue weighted by Crippen LogP contribution is 2.34. The van der Waals surface area contributed by atoms with Crippen molar-refractivity contribution < 1.29 is 8.78 Å². The predicted octanol–water partition coefficient (Wildman–Crippen LogP) is 3.59. The summed E-state index contributed by atoms with van der Waals surface area (Å²) in [6.45, 7) is 5.54. The van der Waals surface area contributed by atoms with Crippen LogP contribution in [-0.2, 0) is 5.54 Å². The van der Waals surface area contributed by atoms with Gasteiger partial charge in [-0.15, -0.1) is 11.3 Å². The maximum Gasteiger partial charge on any atom is 0.133 e. The molecular weight excluding hydrogens is 254 g/mol. The molecule has 0 aliphatic rings. The fourth-order valence-corrected chi connectivity index (χ4v) is 2.87. The molecule has 1 heterocycles. The van der Waals surface area contributed by atoms with Gasteiger partial charge in [-0.2, -0.15) is 0 Å². The molecule has 2 nitrogen and oxygen atoms in total. The summed E-state index contributed by atoms with van der Waals surface area (Å²) in [4.78, 5) is 5.16. The number of nitrogens with zero attached hydrogens (tertiary/aromatic N) is 1. The van der Waals surface area contributed by atoms with E-state index in [2.05, 4.69) is 4.98 Å². The van der Waals surface area contributed by atoms with Crippen LogP contribution in [0.2, 0.25) is 0 Å². The molecule has 0 saturated carbocycles. The van der Waals surface area contributed by atoms with Gasteiger partial charge in [0, 0.05) is 16.0 Å². The van der Waals surface area contributed by atoms with Crippen LogP contribution in [0, 0.1) is 18.6 Å². The van der Waals surface area contributed by atoms with Gasteiger partial charge in [0.2, 0.25) is 0 Å². The van der Waals surface area contributed by atoms with E-state index in [1.54, 1.807) is 0 Å². The van der Waals surface area contributed by atoms with Gasteiger partial charge in [0.05, 0.1) is 5.69 Å². The van der Waals surface area contributed by atoms with Crippen molar-refractivity contribution in [3.05, 3.63) is 40.4 Å². The van der Waals surface area contributed by atoms with Crippen LogP contribution >= 0.6 is 11.3 Å². The minimum absolute atomic E-state index is 0.179. The number of rotatable bonds is 2. The lowest BCUT2D eigenvalue weighted by molar-refractivity contribution is 0.562. The average Bonchev–Trinajstić information content (AvgIpc) is 2.63. The topological polar surface area (TPSA) is 38.9 Å². The summed E-state index contributed by atoms with van der Waals surface area (Å²) < 4.78 is 26.8. The van der Waals surface area contributed by atoms with E-state index in [-0.39, 0.29) is 5.56 Å². The Morgan fingerprint density at radius 2 is 1.94 bits per heavy atom. The molecule has 5 heteroatoms. The smallest absolute Gasteiger partial charge is 0.133 e. The zero-order valence-corrected chi connectivity index (χ0v) is 11.2. The monoisotopic (exact) mass is 268 g/mol. The zero-order chi connectivity index (χ0) is 13.5. The van der Waals surface area contributed by atoms with Gasteiger partial charge in [0.1, 0.15) is 16.6 Å². The molecule has 2 N–H and O–H groups in total. The lowest BCUT2D eigenvalue weighted by Gasteiger charge is -2.16. The van der Waals surface area contributed by atoms with Crippen LogP contribution < -0.4 is 5.73 Å². The number of nitrogens with two attached hydrogens (primary N) is 1. The Labute approximate surface area is 108 Å². The highest BCUT2D eigenvalue weighted by molar-refractivity contribution is 7.15. The second kappa shape index (κ2) is 4.40. The molecule has 0 bridgehead atoms. The summed E-state index contributed by atoms with van der Waals surface area (Å²) in [5, 5.41) is 0.457. The van der Waals surface area contributed by atoms with Crippen LogP contribution in [0.5, 0.6) is 0 Å². The van der Waals surface area contributed by atoms with Crippen molar-refractivity contribution in [1.29, 1.82) is 0 Å². The largest absolute Gasteiger partial charge is 0.321 e. The third-order valence-electron chi connectivity index (χ3n) is 2.54. The minimum Gasteiger partial charge on any atom is -0.321 e. The van der Waals surface area contributed by atoms with Crippen molar-refractivity contribution in [3.63, 3.8) is 0 Å². The van der Waals surface area contributed by atoms with Gasteiger partial charge in [0.25, 0.3) is 0 Å². The molecule has 0 amide bonds. The average molecular weight is 268 g/mol. The Morgan fingerprint density at radius 3 is 2.50 bits per heavy atom. The van der Waals surface area contributed by atoms with Gasteiger partial charge in [-0.25, -0.2) is 13.8 Å². The molecule has 0 atom stereocenters. The first-order valence-corrected chi connectivity index (χ1v) is 6.33. The zero-order valence-electron chi connectivity index (χ0n) is 10.4. The molecule has 96 valence electrons. The van der Waals surface area contributed by atoms with Crippen molar-refractivity contribution in [2.45, 2.75) is 26.3 Å². The third-order valence-corrected chi connectivity index (χ3v) is 4.07. The number of halogens is 2.